The van der Waals surface area contributed by atoms with Crippen molar-refractivity contribution in [1.82, 2.24) is 15.2 Å². The number of fused-ring (bicyclic) bond motifs is 5. The first-order valence-electron chi connectivity index (χ1n) is 9.82. The lowest BCUT2D eigenvalue weighted by atomic mass is 9.76. The third kappa shape index (κ3) is 2.19. The second-order valence-electron chi connectivity index (χ2n) is 7.87. The van der Waals surface area contributed by atoms with Crippen LogP contribution >= 0.6 is 0 Å². The monoisotopic (exact) mass is 373 g/mol. The van der Waals surface area contributed by atoms with Crippen LogP contribution < -0.4 is 5.32 Å². The Kier molecular flexibility index (Phi) is 3.63. The fraction of sp³-hybridized carbons (Fsp3) is 0.304. The van der Waals surface area contributed by atoms with Crippen LogP contribution in [0.5, 0.6) is 0 Å². The molecule has 2 N–H and O–H groups in total. The first kappa shape index (κ1) is 17.0. The molecule has 142 valence electrons. The fourth-order valence-corrected chi connectivity index (χ4v) is 4.77. The minimum atomic E-state index is -1.01. The number of aromatic amines is 1. The molecule has 0 radical (unpaired) electrons. The van der Waals surface area contributed by atoms with Crippen molar-refractivity contribution in [2.75, 3.05) is 13.1 Å². The predicted octanol–water partition coefficient (Wildman–Crippen LogP) is 3.05. The Morgan fingerprint density at radius 2 is 1.86 bits per heavy atom. The van der Waals surface area contributed by atoms with Crippen molar-refractivity contribution in [1.29, 1.82) is 0 Å². The molecule has 0 spiro atoms. The second-order valence-corrected chi connectivity index (χ2v) is 7.87. The summed E-state index contributed by atoms with van der Waals surface area (Å²) in [5.74, 6) is -0.138. The molecule has 0 bridgehead atoms. The molecule has 5 heteroatoms. The van der Waals surface area contributed by atoms with E-state index in [1.807, 2.05) is 25.1 Å². The van der Waals surface area contributed by atoms with E-state index >= 15 is 0 Å². The van der Waals surface area contributed by atoms with Gasteiger partial charge in [-0.15, -0.1) is 0 Å². The van der Waals surface area contributed by atoms with Gasteiger partial charge in [-0.05, 0) is 36.1 Å². The van der Waals surface area contributed by atoms with Gasteiger partial charge in [-0.25, -0.2) is 0 Å². The molecule has 2 aromatic carbocycles. The number of amides is 2. The van der Waals surface area contributed by atoms with E-state index < -0.39 is 5.54 Å². The van der Waals surface area contributed by atoms with Crippen molar-refractivity contribution in [2.45, 2.75) is 31.7 Å². The zero-order valence-electron chi connectivity index (χ0n) is 16.1. The molecule has 2 atom stereocenters. The molecule has 1 aromatic heterocycles. The molecule has 2 amide bonds. The lowest BCUT2D eigenvalue weighted by Gasteiger charge is -2.48. The number of aromatic nitrogens is 1. The van der Waals surface area contributed by atoms with Gasteiger partial charge in [0, 0.05) is 23.4 Å². The number of carbonyl (C=O) groups is 2. The molecule has 3 aromatic rings. The first-order valence-corrected chi connectivity index (χ1v) is 9.82. The maximum atomic E-state index is 12.9. The van der Waals surface area contributed by atoms with Crippen LogP contribution in [0.15, 0.2) is 48.5 Å². The van der Waals surface area contributed by atoms with E-state index in [9.17, 15) is 9.59 Å². The average Bonchev–Trinajstić information content (AvgIpc) is 3.12. The minimum Gasteiger partial charge on any atom is -0.356 e. The number of hydrogen-bond acceptors (Lipinski definition) is 2. The van der Waals surface area contributed by atoms with Gasteiger partial charge in [0.15, 0.2) is 5.54 Å². The Hall–Kier alpha value is -3.08. The molecule has 1 fully saturated rings. The standard InChI is InChI=1S/C23H23N3O2/c1-3-14-8-10-15(11-9-14)17-13-26-19(27)12-24-22(28)23(26,2)21-20(17)16-6-4-5-7-18(16)25-21/h4-11,17,25H,3,12-13H2,1-2H3,(H,24,28). The maximum absolute atomic E-state index is 12.9. The highest BCUT2D eigenvalue weighted by atomic mass is 16.2. The zero-order chi connectivity index (χ0) is 19.5. The Morgan fingerprint density at radius 3 is 2.61 bits per heavy atom. The fourth-order valence-electron chi connectivity index (χ4n) is 4.77. The zero-order valence-corrected chi connectivity index (χ0v) is 16.1. The van der Waals surface area contributed by atoms with Crippen molar-refractivity contribution in [2.24, 2.45) is 0 Å². The first-order chi connectivity index (χ1) is 13.5. The SMILES string of the molecule is CCc1ccc(C2CN3C(=O)CNC(=O)C3(C)c3[nH]c4ccccc4c32)cc1. The van der Waals surface area contributed by atoms with Crippen molar-refractivity contribution in [3.63, 3.8) is 0 Å². The summed E-state index contributed by atoms with van der Waals surface area (Å²) in [7, 11) is 0. The minimum absolute atomic E-state index is 0.0278. The number of piperazine rings is 1. The van der Waals surface area contributed by atoms with Gasteiger partial charge in [0.2, 0.25) is 5.91 Å². The molecule has 1 saturated heterocycles. The smallest absolute Gasteiger partial charge is 0.252 e. The Bertz CT molecular complexity index is 1100. The van der Waals surface area contributed by atoms with E-state index in [4.69, 9.17) is 0 Å². The molecule has 5 rings (SSSR count). The number of hydrogen-bond donors (Lipinski definition) is 2. The van der Waals surface area contributed by atoms with E-state index in [2.05, 4.69) is 47.6 Å². The summed E-state index contributed by atoms with van der Waals surface area (Å²) in [5, 5.41) is 3.90. The summed E-state index contributed by atoms with van der Waals surface area (Å²) >= 11 is 0. The van der Waals surface area contributed by atoms with Gasteiger partial charge >= 0.3 is 0 Å². The van der Waals surface area contributed by atoms with Gasteiger partial charge in [-0.3, -0.25) is 9.59 Å². The van der Waals surface area contributed by atoms with Crippen LogP contribution in [0, 0.1) is 0 Å². The lowest BCUT2D eigenvalue weighted by molar-refractivity contribution is -0.154. The van der Waals surface area contributed by atoms with E-state index in [-0.39, 0.29) is 24.3 Å². The van der Waals surface area contributed by atoms with Crippen LogP contribution in [-0.4, -0.2) is 34.8 Å². The summed E-state index contributed by atoms with van der Waals surface area (Å²) < 4.78 is 0. The van der Waals surface area contributed by atoms with Gasteiger partial charge in [0.25, 0.3) is 5.91 Å². The van der Waals surface area contributed by atoms with Crippen LogP contribution in [-0.2, 0) is 21.5 Å². The second kappa shape index (κ2) is 5.96. The van der Waals surface area contributed by atoms with Crippen molar-refractivity contribution in [3.05, 3.63) is 70.9 Å². The van der Waals surface area contributed by atoms with Crippen LogP contribution in [0.4, 0.5) is 0 Å². The quantitative estimate of drug-likeness (QED) is 0.725. The number of para-hydroxylation sites is 1. The Balaban J connectivity index is 1.77. The summed E-state index contributed by atoms with van der Waals surface area (Å²) in [5.41, 5.74) is 4.40. The van der Waals surface area contributed by atoms with Gasteiger partial charge < -0.3 is 15.2 Å². The van der Waals surface area contributed by atoms with E-state index in [0.29, 0.717) is 6.54 Å². The van der Waals surface area contributed by atoms with E-state index in [1.54, 1.807) is 4.90 Å². The van der Waals surface area contributed by atoms with Gasteiger partial charge in [0.05, 0.1) is 12.2 Å². The van der Waals surface area contributed by atoms with Gasteiger partial charge in [-0.1, -0.05) is 49.4 Å². The normalized spacial score (nSPS) is 24.1. The number of benzene rings is 2. The number of rotatable bonds is 2. The highest BCUT2D eigenvalue weighted by molar-refractivity contribution is 6.01. The summed E-state index contributed by atoms with van der Waals surface area (Å²) in [4.78, 5) is 30.9. The number of carbonyl (C=O) groups excluding carboxylic acids is 2. The molecule has 2 aliphatic heterocycles. The number of aryl methyl sites for hydroxylation is 1. The molecular weight excluding hydrogens is 350 g/mol. The largest absolute Gasteiger partial charge is 0.356 e. The van der Waals surface area contributed by atoms with Crippen molar-refractivity contribution < 1.29 is 9.59 Å². The van der Waals surface area contributed by atoms with E-state index in [0.717, 1.165) is 28.6 Å². The molecule has 0 aliphatic carbocycles. The molecule has 5 nitrogen and oxygen atoms in total. The third-order valence-electron chi connectivity index (χ3n) is 6.42. The summed E-state index contributed by atoms with van der Waals surface area (Å²) in [6.45, 7) is 4.56. The number of H-pyrrole nitrogens is 1. The van der Waals surface area contributed by atoms with Crippen molar-refractivity contribution >= 4 is 22.7 Å². The highest BCUT2D eigenvalue weighted by Crippen LogP contribution is 2.46. The Labute approximate surface area is 163 Å². The highest BCUT2D eigenvalue weighted by Gasteiger charge is 2.53. The third-order valence-corrected chi connectivity index (χ3v) is 6.42. The van der Waals surface area contributed by atoms with Crippen LogP contribution in [0.3, 0.4) is 0 Å². The van der Waals surface area contributed by atoms with Crippen LogP contribution in [0.25, 0.3) is 10.9 Å². The maximum Gasteiger partial charge on any atom is 0.252 e. The molecule has 28 heavy (non-hydrogen) atoms. The summed E-state index contributed by atoms with van der Waals surface area (Å²) in [6.07, 6.45) is 0.992. The average molecular weight is 373 g/mol. The molecule has 2 aliphatic rings. The Morgan fingerprint density at radius 1 is 1.11 bits per heavy atom. The predicted molar refractivity (Wildman–Crippen MR) is 108 cm³/mol. The lowest BCUT2D eigenvalue weighted by Crippen LogP contribution is -2.66. The summed E-state index contributed by atoms with van der Waals surface area (Å²) in [6, 6.07) is 16.8. The van der Waals surface area contributed by atoms with Crippen LogP contribution in [0.1, 0.15) is 42.1 Å². The molecule has 0 saturated carbocycles. The molecular formula is C23H23N3O2. The van der Waals surface area contributed by atoms with Gasteiger partial charge in [-0.2, -0.15) is 0 Å². The molecule has 2 unspecified atom stereocenters. The van der Waals surface area contributed by atoms with Crippen LogP contribution in [0.2, 0.25) is 0 Å². The topological polar surface area (TPSA) is 65.2 Å². The number of nitrogens with zero attached hydrogens (tertiary/aromatic N) is 1. The van der Waals surface area contributed by atoms with Crippen molar-refractivity contribution in [3.8, 4) is 0 Å². The van der Waals surface area contributed by atoms with E-state index in [1.165, 1.54) is 11.1 Å². The molecule has 3 heterocycles. The number of nitrogens with one attached hydrogen (secondary N) is 2. The van der Waals surface area contributed by atoms with Gasteiger partial charge in [0.1, 0.15) is 0 Å².